The molecule has 132 valence electrons. The molecule has 0 aliphatic rings. The molecule has 1 N–H and O–H groups in total. The van der Waals surface area contributed by atoms with E-state index in [0.717, 1.165) is 12.1 Å². The van der Waals surface area contributed by atoms with E-state index in [0.29, 0.717) is 11.3 Å². The van der Waals surface area contributed by atoms with Gasteiger partial charge >= 0.3 is 0 Å². The standard InChI is InChI=1S/C19H15F2N3O2/c1-11(13-5-6-15(20)16(21)9-13)23-18(25)17-12(2)26-19(14(17)10-22)24-7-3-4-8-24/h3-9,11H,1-2H3,(H,23,25)/t11-/m0/s1. The van der Waals surface area contributed by atoms with Gasteiger partial charge in [0.05, 0.1) is 6.04 Å². The van der Waals surface area contributed by atoms with E-state index in [-0.39, 0.29) is 17.0 Å². The summed E-state index contributed by atoms with van der Waals surface area (Å²) in [7, 11) is 0. The first-order chi connectivity index (χ1) is 12.4. The Labute approximate surface area is 148 Å². The first kappa shape index (κ1) is 17.4. The predicted octanol–water partition coefficient (Wildman–Crippen LogP) is 4.02. The molecule has 26 heavy (non-hydrogen) atoms. The number of aromatic nitrogens is 1. The molecule has 7 heteroatoms. The van der Waals surface area contributed by atoms with E-state index in [4.69, 9.17) is 4.42 Å². The number of nitrogens with one attached hydrogen (secondary N) is 1. The number of halogens is 2. The summed E-state index contributed by atoms with van der Waals surface area (Å²) in [6, 6.07) is 8.36. The highest BCUT2D eigenvalue weighted by Gasteiger charge is 2.25. The van der Waals surface area contributed by atoms with Crippen molar-refractivity contribution in [2.24, 2.45) is 0 Å². The number of benzene rings is 1. The van der Waals surface area contributed by atoms with Gasteiger partial charge < -0.3 is 9.73 Å². The molecule has 3 rings (SSSR count). The van der Waals surface area contributed by atoms with Gasteiger partial charge in [-0.3, -0.25) is 9.36 Å². The Balaban J connectivity index is 1.90. The second kappa shape index (κ2) is 6.84. The number of rotatable bonds is 4. The quantitative estimate of drug-likeness (QED) is 0.768. The Hall–Kier alpha value is -3.40. The zero-order valence-electron chi connectivity index (χ0n) is 14.1. The lowest BCUT2D eigenvalue weighted by atomic mass is 10.1. The number of nitriles is 1. The zero-order valence-corrected chi connectivity index (χ0v) is 14.1. The van der Waals surface area contributed by atoms with Gasteiger partial charge in [0, 0.05) is 12.4 Å². The fourth-order valence-electron chi connectivity index (χ4n) is 2.69. The first-order valence-corrected chi connectivity index (χ1v) is 7.85. The molecule has 0 saturated heterocycles. The van der Waals surface area contributed by atoms with Crippen LogP contribution in [0.25, 0.3) is 5.88 Å². The molecule has 1 amide bonds. The monoisotopic (exact) mass is 355 g/mol. The summed E-state index contributed by atoms with van der Waals surface area (Å²) >= 11 is 0. The van der Waals surface area contributed by atoms with Crippen LogP contribution in [0.5, 0.6) is 0 Å². The van der Waals surface area contributed by atoms with Crippen LogP contribution in [0, 0.1) is 29.9 Å². The van der Waals surface area contributed by atoms with Crippen molar-refractivity contribution in [2.75, 3.05) is 0 Å². The number of carbonyl (C=O) groups is 1. The van der Waals surface area contributed by atoms with Crippen molar-refractivity contribution in [3.63, 3.8) is 0 Å². The van der Waals surface area contributed by atoms with E-state index in [1.165, 1.54) is 6.07 Å². The fourth-order valence-corrected chi connectivity index (χ4v) is 2.69. The number of carbonyl (C=O) groups excluding carboxylic acids is 1. The highest BCUT2D eigenvalue weighted by molar-refractivity contribution is 5.98. The lowest BCUT2D eigenvalue weighted by Crippen LogP contribution is -2.27. The maximum absolute atomic E-state index is 13.4. The van der Waals surface area contributed by atoms with Gasteiger partial charge in [-0.05, 0) is 43.7 Å². The first-order valence-electron chi connectivity index (χ1n) is 7.85. The van der Waals surface area contributed by atoms with Crippen LogP contribution in [0.1, 0.15) is 40.2 Å². The van der Waals surface area contributed by atoms with Crippen LogP contribution in [0.15, 0.2) is 47.1 Å². The van der Waals surface area contributed by atoms with Crippen LogP contribution in [-0.2, 0) is 0 Å². The molecule has 1 atom stereocenters. The van der Waals surface area contributed by atoms with E-state index in [2.05, 4.69) is 5.32 Å². The molecular weight excluding hydrogens is 340 g/mol. The van der Waals surface area contributed by atoms with Crippen molar-refractivity contribution in [1.29, 1.82) is 5.26 Å². The second-order valence-corrected chi connectivity index (χ2v) is 5.78. The van der Waals surface area contributed by atoms with E-state index in [1.54, 1.807) is 42.9 Å². The fraction of sp³-hybridized carbons (Fsp3) is 0.158. The SMILES string of the molecule is Cc1oc(-n2cccc2)c(C#N)c1C(=O)N[C@@H](C)c1ccc(F)c(F)c1. The number of hydrogen-bond acceptors (Lipinski definition) is 3. The largest absolute Gasteiger partial charge is 0.443 e. The van der Waals surface area contributed by atoms with Crippen molar-refractivity contribution in [3.05, 3.63) is 76.8 Å². The molecular formula is C19H15F2N3O2. The molecule has 0 aliphatic carbocycles. The van der Waals surface area contributed by atoms with Crippen LogP contribution in [-0.4, -0.2) is 10.5 Å². The maximum atomic E-state index is 13.4. The predicted molar refractivity (Wildman–Crippen MR) is 89.7 cm³/mol. The number of aryl methyl sites for hydroxylation is 1. The van der Waals surface area contributed by atoms with Crippen molar-refractivity contribution in [3.8, 4) is 12.0 Å². The maximum Gasteiger partial charge on any atom is 0.256 e. The summed E-state index contributed by atoms with van der Waals surface area (Å²) < 4.78 is 33.7. The molecule has 0 saturated carbocycles. The number of nitrogens with zero attached hydrogens (tertiary/aromatic N) is 2. The zero-order chi connectivity index (χ0) is 18.8. The molecule has 5 nitrogen and oxygen atoms in total. The summed E-state index contributed by atoms with van der Waals surface area (Å²) in [5.74, 6) is -1.93. The Morgan fingerprint density at radius 3 is 2.58 bits per heavy atom. The third-order valence-electron chi connectivity index (χ3n) is 4.03. The molecule has 0 fully saturated rings. The van der Waals surface area contributed by atoms with Crippen molar-refractivity contribution in [1.82, 2.24) is 9.88 Å². The summed E-state index contributed by atoms with van der Waals surface area (Å²) in [4.78, 5) is 12.7. The average Bonchev–Trinajstić information content (AvgIpc) is 3.24. The normalized spacial score (nSPS) is 11.8. The van der Waals surface area contributed by atoms with Gasteiger partial charge in [0.2, 0.25) is 5.88 Å². The van der Waals surface area contributed by atoms with Crippen LogP contribution in [0.3, 0.4) is 0 Å². The summed E-state index contributed by atoms with van der Waals surface area (Å²) in [5.41, 5.74) is 0.627. The second-order valence-electron chi connectivity index (χ2n) is 5.78. The molecule has 3 aromatic rings. The Kier molecular flexibility index (Phi) is 4.59. The Bertz CT molecular complexity index is 1000. The minimum atomic E-state index is -0.990. The molecule has 0 unspecified atom stereocenters. The molecule has 0 bridgehead atoms. The Morgan fingerprint density at radius 1 is 1.27 bits per heavy atom. The highest BCUT2D eigenvalue weighted by Crippen LogP contribution is 2.26. The minimum absolute atomic E-state index is 0.105. The van der Waals surface area contributed by atoms with Gasteiger partial charge in [0.15, 0.2) is 11.6 Å². The lowest BCUT2D eigenvalue weighted by Gasteiger charge is -2.14. The van der Waals surface area contributed by atoms with Gasteiger partial charge in [0.1, 0.15) is 23.0 Å². The van der Waals surface area contributed by atoms with Crippen molar-refractivity contribution in [2.45, 2.75) is 19.9 Å². The molecule has 0 spiro atoms. The van der Waals surface area contributed by atoms with E-state index < -0.39 is 23.6 Å². The number of furan rings is 1. The summed E-state index contributed by atoms with van der Waals surface area (Å²) in [6.45, 7) is 3.23. The molecule has 0 aliphatic heterocycles. The number of hydrogen-bond donors (Lipinski definition) is 1. The molecule has 2 aromatic heterocycles. The average molecular weight is 355 g/mol. The third-order valence-corrected chi connectivity index (χ3v) is 4.03. The molecule has 1 aromatic carbocycles. The van der Waals surface area contributed by atoms with Crippen LogP contribution in [0.2, 0.25) is 0 Å². The number of amides is 1. The minimum Gasteiger partial charge on any atom is -0.443 e. The molecule has 2 heterocycles. The van der Waals surface area contributed by atoms with Crippen LogP contribution in [0.4, 0.5) is 8.78 Å². The van der Waals surface area contributed by atoms with E-state index >= 15 is 0 Å². The smallest absolute Gasteiger partial charge is 0.256 e. The highest BCUT2D eigenvalue weighted by atomic mass is 19.2. The van der Waals surface area contributed by atoms with Gasteiger partial charge in [-0.1, -0.05) is 6.07 Å². The lowest BCUT2D eigenvalue weighted by molar-refractivity contribution is 0.0938. The molecule has 0 radical (unpaired) electrons. The van der Waals surface area contributed by atoms with Crippen molar-refractivity contribution < 1.29 is 18.0 Å². The Morgan fingerprint density at radius 2 is 1.96 bits per heavy atom. The van der Waals surface area contributed by atoms with Crippen molar-refractivity contribution >= 4 is 5.91 Å². The van der Waals surface area contributed by atoms with Crippen LogP contribution < -0.4 is 5.32 Å². The van der Waals surface area contributed by atoms with Gasteiger partial charge in [-0.15, -0.1) is 0 Å². The third kappa shape index (κ3) is 3.09. The van der Waals surface area contributed by atoms with E-state index in [9.17, 15) is 18.8 Å². The van der Waals surface area contributed by atoms with Gasteiger partial charge in [0.25, 0.3) is 5.91 Å². The van der Waals surface area contributed by atoms with Gasteiger partial charge in [-0.25, -0.2) is 8.78 Å². The van der Waals surface area contributed by atoms with E-state index in [1.807, 2.05) is 6.07 Å². The topological polar surface area (TPSA) is 71.0 Å². The summed E-state index contributed by atoms with van der Waals surface area (Å²) in [6.07, 6.45) is 3.40. The summed E-state index contributed by atoms with van der Waals surface area (Å²) in [5, 5.41) is 12.2. The van der Waals surface area contributed by atoms with Gasteiger partial charge in [-0.2, -0.15) is 5.26 Å². The van der Waals surface area contributed by atoms with Crippen LogP contribution >= 0.6 is 0 Å².